The number of nitrogens with zero attached hydrogens (tertiary/aromatic N) is 5. The minimum absolute atomic E-state index is 0.182. The van der Waals surface area contributed by atoms with Crippen LogP contribution in [0, 0.1) is 11.8 Å². The molecule has 9 heteroatoms. The van der Waals surface area contributed by atoms with E-state index < -0.39 is 11.7 Å². The molecular weight excluding hydrogens is 503 g/mol. The fourth-order valence-electron chi connectivity index (χ4n) is 5.64. The lowest BCUT2D eigenvalue weighted by molar-refractivity contribution is -0.137. The Morgan fingerprint density at radius 1 is 0.923 bits per heavy atom. The van der Waals surface area contributed by atoms with Crippen LogP contribution in [0.5, 0.6) is 0 Å². The fourth-order valence-corrected chi connectivity index (χ4v) is 5.64. The molecule has 4 heterocycles. The Hall–Kier alpha value is -4.14. The summed E-state index contributed by atoms with van der Waals surface area (Å²) in [6.45, 7) is 1.99. The number of halogens is 3. The molecule has 2 aliphatic rings. The third kappa shape index (κ3) is 4.45. The van der Waals surface area contributed by atoms with Crippen LogP contribution in [0.3, 0.4) is 0 Å². The highest BCUT2D eigenvalue weighted by atomic mass is 19.4. The lowest BCUT2D eigenvalue weighted by atomic mass is 10.0. The summed E-state index contributed by atoms with van der Waals surface area (Å²) in [6.07, 6.45) is 3.98. The lowest BCUT2D eigenvalue weighted by Crippen LogP contribution is -2.30. The van der Waals surface area contributed by atoms with Crippen molar-refractivity contribution < 1.29 is 18.0 Å². The van der Waals surface area contributed by atoms with Gasteiger partial charge in [0.1, 0.15) is 11.5 Å². The highest BCUT2D eigenvalue weighted by molar-refractivity contribution is 5.83. The van der Waals surface area contributed by atoms with E-state index in [2.05, 4.69) is 4.98 Å². The van der Waals surface area contributed by atoms with Gasteiger partial charge in [-0.05, 0) is 66.6 Å². The van der Waals surface area contributed by atoms with E-state index in [4.69, 9.17) is 4.98 Å². The molecule has 1 amide bonds. The summed E-state index contributed by atoms with van der Waals surface area (Å²) in [6, 6.07) is 15.7. The molecule has 1 aliphatic heterocycles. The molecule has 1 atom stereocenters. The molecule has 0 N–H and O–H groups in total. The zero-order valence-corrected chi connectivity index (χ0v) is 21.1. The van der Waals surface area contributed by atoms with Crippen LogP contribution in [-0.2, 0) is 17.5 Å². The minimum Gasteiger partial charge on any atom is -0.342 e. The maximum atomic E-state index is 13.5. The van der Waals surface area contributed by atoms with Crippen LogP contribution in [0.15, 0.2) is 73.2 Å². The lowest BCUT2D eigenvalue weighted by Gasteiger charge is -2.18. The third-order valence-corrected chi connectivity index (χ3v) is 7.91. The molecule has 0 bridgehead atoms. The second kappa shape index (κ2) is 8.97. The first-order valence-corrected chi connectivity index (χ1v) is 13.2. The molecule has 1 saturated heterocycles. The standard InChI is InChI=1S/C30H26F3N5O/c31-30(32,33)24-7-8-26-25(16-24)35-28(38(26)18-19-9-12-37(17-19)29(39)22-5-6-22)21-3-1-20(2-4-21)23-10-13-36-14-11-34-27(36)15-23/h1-4,7-8,10-11,13-16,19,22H,5-6,9,12,17-18H2. The van der Waals surface area contributed by atoms with Crippen molar-refractivity contribution in [3.63, 3.8) is 0 Å². The Labute approximate surface area is 222 Å². The first-order valence-electron chi connectivity index (χ1n) is 13.2. The number of likely N-dealkylation sites (tertiary alicyclic amines) is 1. The van der Waals surface area contributed by atoms with Gasteiger partial charge in [0.25, 0.3) is 0 Å². The van der Waals surface area contributed by atoms with E-state index in [0.29, 0.717) is 29.9 Å². The second-order valence-electron chi connectivity index (χ2n) is 10.6. The molecule has 3 aromatic heterocycles. The van der Waals surface area contributed by atoms with Crippen molar-refractivity contribution in [3.05, 3.63) is 78.8 Å². The van der Waals surface area contributed by atoms with Crippen molar-refractivity contribution in [3.8, 4) is 22.5 Å². The highest BCUT2D eigenvalue weighted by Gasteiger charge is 2.37. The smallest absolute Gasteiger partial charge is 0.342 e. The van der Waals surface area contributed by atoms with Crippen molar-refractivity contribution in [2.24, 2.45) is 11.8 Å². The van der Waals surface area contributed by atoms with Crippen LogP contribution >= 0.6 is 0 Å². The molecule has 0 spiro atoms. The van der Waals surface area contributed by atoms with E-state index in [-0.39, 0.29) is 17.7 Å². The average molecular weight is 530 g/mol. The van der Waals surface area contributed by atoms with Crippen LogP contribution in [-0.4, -0.2) is 42.8 Å². The Kier molecular flexibility index (Phi) is 5.50. The van der Waals surface area contributed by atoms with Crippen molar-refractivity contribution in [1.82, 2.24) is 23.8 Å². The number of amides is 1. The summed E-state index contributed by atoms with van der Waals surface area (Å²) in [4.78, 5) is 23.6. The summed E-state index contributed by atoms with van der Waals surface area (Å²) >= 11 is 0. The number of carbonyl (C=O) groups excluding carboxylic acids is 1. The van der Waals surface area contributed by atoms with Crippen LogP contribution in [0.25, 0.3) is 39.2 Å². The molecule has 198 valence electrons. The number of pyridine rings is 1. The summed E-state index contributed by atoms with van der Waals surface area (Å²) in [5, 5.41) is 0. The van der Waals surface area contributed by atoms with E-state index in [1.807, 2.05) is 62.7 Å². The molecule has 1 unspecified atom stereocenters. The summed E-state index contributed by atoms with van der Waals surface area (Å²) < 4.78 is 44.4. The quantitative estimate of drug-likeness (QED) is 0.269. The molecule has 39 heavy (non-hydrogen) atoms. The van der Waals surface area contributed by atoms with Gasteiger partial charge in [0, 0.05) is 49.7 Å². The van der Waals surface area contributed by atoms with Crippen molar-refractivity contribution in [1.29, 1.82) is 0 Å². The average Bonchev–Trinajstić information content (AvgIpc) is 3.33. The van der Waals surface area contributed by atoms with E-state index in [1.54, 1.807) is 6.20 Å². The Bertz CT molecular complexity index is 1700. The maximum Gasteiger partial charge on any atom is 0.416 e. The number of hydrogen-bond donors (Lipinski definition) is 0. The van der Waals surface area contributed by atoms with Gasteiger partial charge in [-0.25, -0.2) is 9.97 Å². The van der Waals surface area contributed by atoms with Crippen molar-refractivity contribution in [2.45, 2.75) is 32.0 Å². The molecular formula is C30H26F3N5O. The number of hydrogen-bond acceptors (Lipinski definition) is 3. The molecule has 1 aliphatic carbocycles. The van der Waals surface area contributed by atoms with Gasteiger partial charge >= 0.3 is 6.18 Å². The van der Waals surface area contributed by atoms with Gasteiger partial charge in [-0.3, -0.25) is 4.79 Å². The second-order valence-corrected chi connectivity index (χ2v) is 10.6. The summed E-state index contributed by atoms with van der Waals surface area (Å²) in [5.74, 6) is 1.27. The van der Waals surface area contributed by atoms with Gasteiger partial charge in [-0.1, -0.05) is 24.3 Å². The first kappa shape index (κ1) is 23.9. The van der Waals surface area contributed by atoms with E-state index in [1.165, 1.54) is 6.07 Å². The van der Waals surface area contributed by atoms with E-state index in [0.717, 1.165) is 60.3 Å². The van der Waals surface area contributed by atoms with Crippen molar-refractivity contribution >= 4 is 22.6 Å². The number of benzene rings is 2. The maximum absolute atomic E-state index is 13.5. The zero-order chi connectivity index (χ0) is 26.7. The highest BCUT2D eigenvalue weighted by Crippen LogP contribution is 2.36. The molecule has 5 aromatic rings. The van der Waals surface area contributed by atoms with Gasteiger partial charge < -0.3 is 13.9 Å². The topological polar surface area (TPSA) is 55.4 Å². The molecule has 7 rings (SSSR count). The predicted octanol–water partition coefficient (Wildman–Crippen LogP) is 6.30. The largest absolute Gasteiger partial charge is 0.416 e. The molecule has 1 saturated carbocycles. The Balaban J connectivity index is 1.24. The molecule has 2 fully saturated rings. The Morgan fingerprint density at radius 3 is 2.49 bits per heavy atom. The normalized spacial score (nSPS) is 17.9. The van der Waals surface area contributed by atoms with Gasteiger partial charge in [-0.15, -0.1) is 0 Å². The number of fused-ring (bicyclic) bond motifs is 2. The fraction of sp³-hybridized carbons (Fsp3) is 0.300. The number of alkyl halides is 3. The monoisotopic (exact) mass is 529 g/mol. The van der Waals surface area contributed by atoms with E-state index in [9.17, 15) is 18.0 Å². The third-order valence-electron chi connectivity index (χ3n) is 7.91. The van der Waals surface area contributed by atoms with Gasteiger partial charge in [0.05, 0.1) is 16.6 Å². The van der Waals surface area contributed by atoms with Crippen molar-refractivity contribution in [2.75, 3.05) is 13.1 Å². The molecule has 6 nitrogen and oxygen atoms in total. The van der Waals surface area contributed by atoms with Gasteiger partial charge in [0.2, 0.25) is 5.91 Å². The van der Waals surface area contributed by atoms with Crippen LogP contribution in [0.4, 0.5) is 13.2 Å². The van der Waals surface area contributed by atoms with Crippen LogP contribution in [0.1, 0.15) is 24.8 Å². The molecule has 2 aromatic carbocycles. The predicted molar refractivity (Wildman–Crippen MR) is 142 cm³/mol. The Morgan fingerprint density at radius 2 is 1.72 bits per heavy atom. The van der Waals surface area contributed by atoms with Gasteiger partial charge in [-0.2, -0.15) is 13.2 Å². The number of carbonyl (C=O) groups is 1. The number of aromatic nitrogens is 4. The minimum atomic E-state index is -4.44. The summed E-state index contributed by atoms with van der Waals surface area (Å²) in [5.41, 5.74) is 3.99. The van der Waals surface area contributed by atoms with E-state index >= 15 is 0 Å². The zero-order valence-electron chi connectivity index (χ0n) is 21.1. The van der Waals surface area contributed by atoms with Crippen LogP contribution < -0.4 is 0 Å². The molecule has 0 radical (unpaired) electrons. The van der Waals surface area contributed by atoms with Gasteiger partial charge in [0.15, 0.2) is 0 Å². The van der Waals surface area contributed by atoms with Crippen LogP contribution in [0.2, 0.25) is 0 Å². The summed E-state index contributed by atoms with van der Waals surface area (Å²) in [7, 11) is 0. The first-order chi connectivity index (χ1) is 18.8. The SMILES string of the molecule is O=C(C1CC1)N1CCC(Cn2c(-c3ccc(-c4ccn5ccnc5c4)cc3)nc3cc(C(F)(F)F)ccc32)C1. The number of imidazole rings is 2. The number of rotatable bonds is 5.